The summed E-state index contributed by atoms with van der Waals surface area (Å²) in [6.07, 6.45) is 3.92. The Morgan fingerprint density at radius 1 is 1.44 bits per heavy atom. The molecule has 0 saturated heterocycles. The Hall–Kier alpha value is -0.870. The number of nitrogens with zero attached hydrogens (tertiary/aromatic N) is 2. The van der Waals surface area contributed by atoms with Crippen LogP contribution in [0.1, 0.15) is 34.6 Å². The van der Waals surface area contributed by atoms with Gasteiger partial charge in [-0.15, -0.1) is 0 Å². The van der Waals surface area contributed by atoms with Gasteiger partial charge in [-0.25, -0.2) is 9.98 Å². The number of methoxy groups -OCH3 is 1. The Balaban J connectivity index is 2.87. The van der Waals surface area contributed by atoms with E-state index in [4.69, 9.17) is 4.74 Å². The highest BCUT2D eigenvalue weighted by molar-refractivity contribution is 8.27. The summed E-state index contributed by atoms with van der Waals surface area (Å²) < 4.78 is 5.10. The van der Waals surface area contributed by atoms with Crippen LogP contribution in [0.3, 0.4) is 0 Å². The van der Waals surface area contributed by atoms with Gasteiger partial charge >= 0.3 is 0 Å². The molecule has 3 nitrogen and oxygen atoms in total. The Morgan fingerprint density at radius 3 is 2.61 bits per heavy atom. The van der Waals surface area contributed by atoms with E-state index < -0.39 is 0 Å². The van der Waals surface area contributed by atoms with Gasteiger partial charge in [0, 0.05) is 13.3 Å². The van der Waals surface area contributed by atoms with Crippen molar-refractivity contribution in [3.63, 3.8) is 0 Å². The smallest absolute Gasteiger partial charge is 0.127 e. The Bertz CT molecular complexity index is 426. The fraction of sp³-hybridized carbons (Fsp3) is 0.571. The lowest BCUT2D eigenvalue weighted by Crippen LogP contribution is -2.06. The van der Waals surface area contributed by atoms with Gasteiger partial charge in [-0.05, 0) is 36.6 Å². The normalized spacial score (nSPS) is 21.9. The number of ether oxygens (including phenoxy) is 1. The van der Waals surface area contributed by atoms with Crippen molar-refractivity contribution in [3.8, 4) is 0 Å². The second-order valence-electron chi connectivity index (χ2n) is 5.21. The molecule has 0 amide bonds. The molecule has 0 aromatic carbocycles. The summed E-state index contributed by atoms with van der Waals surface area (Å²) in [5.74, 6) is 0. The zero-order chi connectivity index (χ0) is 13.8. The van der Waals surface area contributed by atoms with Crippen molar-refractivity contribution in [3.05, 3.63) is 23.5 Å². The lowest BCUT2D eigenvalue weighted by molar-refractivity contribution is 0.247. The molecule has 100 valence electrons. The second-order valence-corrected chi connectivity index (χ2v) is 6.27. The van der Waals surface area contributed by atoms with Crippen molar-refractivity contribution in [2.45, 2.75) is 34.6 Å². The van der Waals surface area contributed by atoms with Crippen LogP contribution in [-0.4, -0.2) is 23.8 Å². The van der Waals surface area contributed by atoms with E-state index in [0.717, 1.165) is 15.8 Å². The van der Waals surface area contributed by atoms with E-state index >= 15 is 0 Å². The van der Waals surface area contributed by atoms with Crippen molar-refractivity contribution in [2.24, 2.45) is 15.4 Å². The third-order valence-electron chi connectivity index (χ3n) is 2.78. The zero-order valence-corrected chi connectivity index (χ0v) is 12.9. The average molecular weight is 266 g/mol. The molecule has 0 aliphatic carbocycles. The van der Waals surface area contributed by atoms with Crippen LogP contribution in [0.15, 0.2) is 33.5 Å². The predicted molar refractivity (Wildman–Crippen MR) is 81.3 cm³/mol. The maximum Gasteiger partial charge on any atom is 0.127 e. The van der Waals surface area contributed by atoms with Crippen LogP contribution in [0, 0.1) is 5.41 Å². The molecule has 1 rings (SSSR count). The average Bonchev–Trinajstić information content (AvgIpc) is 2.67. The molecule has 1 aliphatic heterocycles. The Labute approximate surface area is 114 Å². The largest absolute Gasteiger partial charge is 0.378 e. The molecule has 0 atom stereocenters. The van der Waals surface area contributed by atoms with Gasteiger partial charge in [-0.3, -0.25) is 0 Å². The van der Waals surface area contributed by atoms with Crippen LogP contribution in [0.4, 0.5) is 0 Å². The van der Waals surface area contributed by atoms with Gasteiger partial charge in [0.25, 0.3) is 0 Å². The van der Waals surface area contributed by atoms with E-state index in [2.05, 4.69) is 37.7 Å². The molecule has 0 saturated carbocycles. The first-order valence-corrected chi connectivity index (χ1v) is 6.86. The van der Waals surface area contributed by atoms with Crippen LogP contribution in [0.25, 0.3) is 0 Å². The summed E-state index contributed by atoms with van der Waals surface area (Å²) in [5.41, 5.74) is 2.34. The topological polar surface area (TPSA) is 34.0 Å². The van der Waals surface area contributed by atoms with Crippen LogP contribution in [-0.2, 0) is 4.74 Å². The van der Waals surface area contributed by atoms with E-state index in [0.29, 0.717) is 6.61 Å². The first-order chi connectivity index (χ1) is 8.38. The highest BCUT2D eigenvalue weighted by atomic mass is 32.2. The summed E-state index contributed by atoms with van der Waals surface area (Å²) in [6.45, 7) is 11.2. The third kappa shape index (κ3) is 4.10. The van der Waals surface area contributed by atoms with E-state index in [1.807, 2.05) is 19.2 Å². The van der Waals surface area contributed by atoms with E-state index in [1.54, 1.807) is 18.9 Å². The Kier molecular flexibility index (Phi) is 5.35. The molecular formula is C14H22N2OS. The van der Waals surface area contributed by atoms with Gasteiger partial charge in [0.2, 0.25) is 0 Å². The fourth-order valence-electron chi connectivity index (χ4n) is 1.18. The first kappa shape index (κ1) is 15.2. The minimum Gasteiger partial charge on any atom is -0.378 e. The van der Waals surface area contributed by atoms with Crippen molar-refractivity contribution >= 4 is 21.8 Å². The van der Waals surface area contributed by atoms with Crippen molar-refractivity contribution in [1.82, 2.24) is 0 Å². The number of hydrogen-bond acceptors (Lipinski definition) is 4. The number of aliphatic imine (C=N–C) groups is 2. The van der Waals surface area contributed by atoms with Crippen molar-refractivity contribution in [2.75, 3.05) is 13.7 Å². The van der Waals surface area contributed by atoms with Gasteiger partial charge < -0.3 is 4.74 Å². The molecule has 0 aromatic rings. The molecule has 0 spiro atoms. The summed E-state index contributed by atoms with van der Waals surface area (Å²) in [7, 11) is 1.68. The van der Waals surface area contributed by atoms with Crippen LogP contribution in [0.2, 0.25) is 0 Å². The number of hydrogen-bond donors (Lipinski definition) is 0. The number of rotatable bonds is 3. The second kappa shape index (κ2) is 6.34. The Morgan fingerprint density at radius 2 is 2.11 bits per heavy atom. The van der Waals surface area contributed by atoms with Gasteiger partial charge in [-0.2, -0.15) is 0 Å². The maximum atomic E-state index is 5.10. The lowest BCUT2D eigenvalue weighted by Gasteiger charge is -2.18. The molecule has 0 unspecified atom stereocenters. The summed E-state index contributed by atoms with van der Waals surface area (Å²) >= 11 is 1.58. The van der Waals surface area contributed by atoms with Gasteiger partial charge in [0.05, 0.1) is 12.3 Å². The molecule has 18 heavy (non-hydrogen) atoms. The highest BCUT2D eigenvalue weighted by Crippen LogP contribution is 2.27. The van der Waals surface area contributed by atoms with Crippen molar-refractivity contribution < 1.29 is 4.74 Å². The minimum absolute atomic E-state index is 0.152. The summed E-state index contributed by atoms with van der Waals surface area (Å²) in [4.78, 5) is 9.03. The van der Waals surface area contributed by atoms with Crippen LogP contribution in [0.5, 0.6) is 0 Å². The lowest BCUT2D eigenvalue weighted by atomic mass is 9.88. The van der Waals surface area contributed by atoms with Crippen LogP contribution < -0.4 is 0 Å². The molecule has 4 heteroatoms. The van der Waals surface area contributed by atoms with Crippen LogP contribution >= 0.6 is 11.8 Å². The maximum absolute atomic E-state index is 5.10. The van der Waals surface area contributed by atoms with E-state index in [9.17, 15) is 0 Å². The quantitative estimate of drug-likeness (QED) is 0.773. The van der Waals surface area contributed by atoms with Crippen molar-refractivity contribution in [1.29, 1.82) is 0 Å². The number of allylic oxidation sites excluding steroid dienone is 2. The monoisotopic (exact) mass is 266 g/mol. The minimum atomic E-state index is 0.152. The molecule has 1 heterocycles. The van der Waals surface area contributed by atoms with E-state index in [1.165, 1.54) is 5.57 Å². The molecule has 0 N–H and O–H groups in total. The zero-order valence-electron chi connectivity index (χ0n) is 12.1. The highest BCUT2D eigenvalue weighted by Gasteiger charge is 2.19. The van der Waals surface area contributed by atoms with Gasteiger partial charge in [0.1, 0.15) is 10.1 Å². The molecule has 0 fully saturated rings. The third-order valence-corrected chi connectivity index (χ3v) is 3.73. The first-order valence-electron chi connectivity index (χ1n) is 6.04. The standard InChI is InChI=1S/C14H22N2OS/c1-7-11-13(18-12(16-11)9-17-6)15-8-10(2)14(3,4)5/h7-8H,9H2,1-6H3/b10-8+,11-7+,15-13+. The van der Waals surface area contributed by atoms with Gasteiger partial charge in [0.15, 0.2) is 0 Å². The number of thioether (sulfide) groups is 1. The SMILES string of the molecule is C/C=C1/N=C(COC)S/C1=N/C=C(\C)C(C)(C)C. The summed E-state index contributed by atoms with van der Waals surface area (Å²) in [5, 5.41) is 1.92. The molecule has 1 aliphatic rings. The summed E-state index contributed by atoms with van der Waals surface area (Å²) in [6, 6.07) is 0. The van der Waals surface area contributed by atoms with E-state index in [-0.39, 0.29) is 5.41 Å². The fourth-order valence-corrected chi connectivity index (χ4v) is 2.10. The molecule has 0 aromatic heterocycles. The molecule has 0 radical (unpaired) electrons. The molecular weight excluding hydrogens is 244 g/mol. The molecule has 0 bridgehead atoms. The van der Waals surface area contributed by atoms with Gasteiger partial charge in [-0.1, -0.05) is 26.8 Å². The predicted octanol–water partition coefficient (Wildman–Crippen LogP) is 4.03.